The Morgan fingerprint density at radius 3 is 2.29 bits per heavy atom. The lowest BCUT2D eigenvalue weighted by Crippen LogP contribution is -2.27. The van der Waals surface area contributed by atoms with Crippen LogP contribution in [0.2, 0.25) is 0 Å². The summed E-state index contributed by atoms with van der Waals surface area (Å²) >= 11 is 1.71. The Morgan fingerprint density at radius 2 is 1.81 bits per heavy atom. The van der Waals surface area contributed by atoms with Gasteiger partial charge < -0.3 is 5.32 Å². The van der Waals surface area contributed by atoms with Gasteiger partial charge in [-0.3, -0.25) is 4.79 Å². The fraction of sp³-hybridized carbons (Fsp3) is 0.611. The first-order valence-corrected chi connectivity index (χ1v) is 8.90. The monoisotopic (exact) mass is 305 g/mol. The second-order valence-corrected chi connectivity index (χ2v) is 8.16. The largest absolute Gasteiger partial charge is 0.353 e. The number of benzene rings is 1. The molecule has 2 rings (SSSR count). The summed E-state index contributed by atoms with van der Waals surface area (Å²) in [4.78, 5) is 11.7. The van der Waals surface area contributed by atoms with E-state index in [0.717, 1.165) is 18.6 Å². The van der Waals surface area contributed by atoms with Crippen LogP contribution in [-0.2, 0) is 16.0 Å². The lowest BCUT2D eigenvalue weighted by Gasteiger charge is -2.22. The molecule has 1 aromatic carbocycles. The predicted molar refractivity (Wildman–Crippen MR) is 91.9 cm³/mol. The molecule has 0 spiro atoms. The third kappa shape index (κ3) is 4.77. The average Bonchev–Trinajstić information content (AvgIpc) is 3.15. The quantitative estimate of drug-likeness (QED) is 0.887. The van der Waals surface area contributed by atoms with E-state index in [9.17, 15) is 4.79 Å². The van der Waals surface area contributed by atoms with Crippen molar-refractivity contribution in [2.75, 3.05) is 5.75 Å². The van der Waals surface area contributed by atoms with Crippen molar-refractivity contribution in [1.82, 2.24) is 5.32 Å². The molecule has 0 aromatic heterocycles. The standard InChI is InChI=1S/C18H27NOS/c1-12-8-14(18(3,4)5)9-13(2)16(12)10-21-11-17(20)19-15-6-7-15/h8-9,15H,6-7,10-11H2,1-5H3,(H,19,20). The van der Waals surface area contributed by atoms with Crippen molar-refractivity contribution in [2.45, 2.75) is 64.7 Å². The molecule has 0 saturated heterocycles. The molecule has 1 aliphatic carbocycles. The van der Waals surface area contributed by atoms with Gasteiger partial charge in [0.2, 0.25) is 5.91 Å². The predicted octanol–water partition coefficient (Wildman–Crippen LogP) is 4.11. The summed E-state index contributed by atoms with van der Waals surface area (Å²) in [6.45, 7) is 11.1. The molecule has 0 aliphatic heterocycles. The van der Waals surface area contributed by atoms with Crippen molar-refractivity contribution < 1.29 is 4.79 Å². The second kappa shape index (κ2) is 6.43. The number of nitrogens with one attached hydrogen (secondary N) is 1. The molecular weight excluding hydrogens is 278 g/mol. The summed E-state index contributed by atoms with van der Waals surface area (Å²) in [5, 5.41) is 3.04. The van der Waals surface area contributed by atoms with Crippen LogP contribution >= 0.6 is 11.8 Å². The molecule has 2 nitrogen and oxygen atoms in total. The van der Waals surface area contributed by atoms with Crippen molar-refractivity contribution in [3.63, 3.8) is 0 Å². The molecule has 3 heteroatoms. The summed E-state index contributed by atoms with van der Waals surface area (Å²) in [6.07, 6.45) is 2.31. The zero-order valence-corrected chi connectivity index (χ0v) is 14.7. The number of carbonyl (C=O) groups excluding carboxylic acids is 1. The Hall–Kier alpha value is -0.960. The molecule has 1 saturated carbocycles. The fourth-order valence-corrected chi connectivity index (χ4v) is 3.43. The van der Waals surface area contributed by atoms with E-state index < -0.39 is 0 Å². The van der Waals surface area contributed by atoms with Crippen LogP contribution in [0.1, 0.15) is 55.9 Å². The van der Waals surface area contributed by atoms with E-state index in [2.05, 4.69) is 52.1 Å². The van der Waals surface area contributed by atoms with E-state index >= 15 is 0 Å². The van der Waals surface area contributed by atoms with Crippen LogP contribution in [-0.4, -0.2) is 17.7 Å². The van der Waals surface area contributed by atoms with E-state index in [0.29, 0.717) is 11.8 Å². The fourth-order valence-electron chi connectivity index (χ4n) is 2.40. The Balaban J connectivity index is 1.95. The number of hydrogen-bond donors (Lipinski definition) is 1. The van der Waals surface area contributed by atoms with Crippen molar-refractivity contribution >= 4 is 17.7 Å². The van der Waals surface area contributed by atoms with E-state index in [1.165, 1.54) is 22.3 Å². The zero-order valence-electron chi connectivity index (χ0n) is 13.9. The highest BCUT2D eigenvalue weighted by Gasteiger charge is 2.23. The minimum Gasteiger partial charge on any atom is -0.353 e. The van der Waals surface area contributed by atoms with Gasteiger partial charge in [0.05, 0.1) is 5.75 Å². The minimum absolute atomic E-state index is 0.184. The average molecular weight is 305 g/mol. The third-order valence-electron chi connectivity index (χ3n) is 3.98. The van der Waals surface area contributed by atoms with Gasteiger partial charge in [0.15, 0.2) is 0 Å². The maximum absolute atomic E-state index is 11.7. The van der Waals surface area contributed by atoms with Gasteiger partial charge in [0.25, 0.3) is 0 Å². The summed E-state index contributed by atoms with van der Waals surface area (Å²) in [6, 6.07) is 5.06. The number of aryl methyl sites for hydroxylation is 2. The van der Waals surface area contributed by atoms with Gasteiger partial charge >= 0.3 is 0 Å². The summed E-state index contributed by atoms with van der Waals surface area (Å²) in [7, 11) is 0. The zero-order chi connectivity index (χ0) is 15.6. The smallest absolute Gasteiger partial charge is 0.230 e. The Labute approximate surface area is 133 Å². The first kappa shape index (κ1) is 16.4. The Bertz CT molecular complexity index is 504. The number of hydrogen-bond acceptors (Lipinski definition) is 2. The van der Waals surface area contributed by atoms with E-state index in [4.69, 9.17) is 0 Å². The Kier molecular flexibility index (Phi) is 5.03. The van der Waals surface area contributed by atoms with Crippen molar-refractivity contribution in [3.05, 3.63) is 34.4 Å². The van der Waals surface area contributed by atoms with E-state index in [1.807, 2.05) is 0 Å². The lowest BCUT2D eigenvalue weighted by atomic mass is 9.84. The van der Waals surface area contributed by atoms with Crippen molar-refractivity contribution in [3.8, 4) is 0 Å². The molecule has 0 unspecified atom stereocenters. The van der Waals surface area contributed by atoms with Gasteiger partial charge in [-0.25, -0.2) is 0 Å². The van der Waals surface area contributed by atoms with Crippen LogP contribution in [0.4, 0.5) is 0 Å². The Morgan fingerprint density at radius 1 is 1.24 bits per heavy atom. The first-order chi connectivity index (χ1) is 9.77. The highest BCUT2D eigenvalue weighted by Crippen LogP contribution is 2.28. The lowest BCUT2D eigenvalue weighted by molar-refractivity contribution is -0.118. The van der Waals surface area contributed by atoms with Crippen LogP contribution in [0.15, 0.2) is 12.1 Å². The van der Waals surface area contributed by atoms with Gasteiger partial charge in [0, 0.05) is 11.8 Å². The van der Waals surface area contributed by atoms with Gasteiger partial charge in [0.1, 0.15) is 0 Å². The molecule has 0 heterocycles. The normalized spacial score (nSPS) is 15.1. The van der Waals surface area contributed by atoms with Gasteiger partial charge in [-0.1, -0.05) is 32.9 Å². The van der Waals surface area contributed by atoms with E-state index in [1.54, 1.807) is 11.8 Å². The van der Waals surface area contributed by atoms with Crippen LogP contribution in [0, 0.1) is 13.8 Å². The van der Waals surface area contributed by atoms with E-state index in [-0.39, 0.29) is 11.3 Å². The highest BCUT2D eigenvalue weighted by molar-refractivity contribution is 7.99. The molecule has 1 aliphatic rings. The summed E-state index contributed by atoms with van der Waals surface area (Å²) in [5.74, 6) is 1.67. The maximum Gasteiger partial charge on any atom is 0.230 e. The third-order valence-corrected chi connectivity index (χ3v) is 4.94. The molecule has 0 bridgehead atoms. The summed E-state index contributed by atoms with van der Waals surface area (Å²) < 4.78 is 0. The topological polar surface area (TPSA) is 29.1 Å². The van der Waals surface area contributed by atoms with Gasteiger partial charge in [-0.2, -0.15) is 0 Å². The van der Waals surface area contributed by atoms with Crippen LogP contribution in [0.5, 0.6) is 0 Å². The molecule has 1 amide bonds. The van der Waals surface area contributed by atoms with Crippen LogP contribution < -0.4 is 5.32 Å². The van der Waals surface area contributed by atoms with Crippen LogP contribution in [0.3, 0.4) is 0 Å². The van der Waals surface area contributed by atoms with Gasteiger partial charge in [-0.05, 0) is 54.4 Å². The molecule has 1 aromatic rings. The SMILES string of the molecule is Cc1cc(C(C)(C)C)cc(C)c1CSCC(=O)NC1CC1. The second-order valence-electron chi connectivity index (χ2n) is 7.17. The molecule has 21 heavy (non-hydrogen) atoms. The summed E-state index contributed by atoms with van der Waals surface area (Å²) in [5.41, 5.74) is 5.64. The molecule has 116 valence electrons. The maximum atomic E-state index is 11.7. The molecule has 0 radical (unpaired) electrons. The molecule has 0 atom stereocenters. The highest BCUT2D eigenvalue weighted by atomic mass is 32.2. The minimum atomic E-state index is 0.184. The number of thioether (sulfide) groups is 1. The van der Waals surface area contributed by atoms with Crippen molar-refractivity contribution in [1.29, 1.82) is 0 Å². The van der Waals surface area contributed by atoms with Crippen LogP contribution in [0.25, 0.3) is 0 Å². The molecule has 1 N–H and O–H groups in total. The van der Waals surface area contributed by atoms with Crippen molar-refractivity contribution in [2.24, 2.45) is 0 Å². The van der Waals surface area contributed by atoms with Gasteiger partial charge in [-0.15, -0.1) is 11.8 Å². The molecule has 1 fully saturated rings. The number of amides is 1. The number of rotatable bonds is 5. The first-order valence-electron chi connectivity index (χ1n) is 7.75. The molecular formula is C18H27NOS. The number of carbonyl (C=O) groups is 1.